The lowest BCUT2D eigenvalue weighted by atomic mass is 9.77. The van der Waals surface area contributed by atoms with Gasteiger partial charge in [0.05, 0.1) is 6.07 Å². The van der Waals surface area contributed by atoms with Gasteiger partial charge in [0.15, 0.2) is 8.07 Å². The van der Waals surface area contributed by atoms with Gasteiger partial charge in [0, 0.05) is 5.92 Å². The molecule has 0 radical (unpaired) electrons. The summed E-state index contributed by atoms with van der Waals surface area (Å²) in [7, 11) is -4.25. The first-order valence-electron chi connectivity index (χ1n) is 11.6. The Bertz CT molecular complexity index is 1100. The molecule has 0 spiro atoms. The van der Waals surface area contributed by atoms with Gasteiger partial charge >= 0.3 is 7.12 Å². The third-order valence-electron chi connectivity index (χ3n) is 6.61. The van der Waals surface area contributed by atoms with E-state index in [2.05, 4.69) is 91.0 Å². The summed E-state index contributed by atoms with van der Waals surface area (Å²) in [6.45, 7) is 0. The molecule has 0 amide bonds. The van der Waals surface area contributed by atoms with Gasteiger partial charge in [-0.3, -0.25) is 0 Å². The van der Waals surface area contributed by atoms with Crippen molar-refractivity contribution >= 4 is 30.8 Å². The Hall–Kier alpha value is -3.43. The first-order valence-corrected chi connectivity index (χ1v) is 13.7. The second kappa shape index (κ2) is 11.1. The van der Waals surface area contributed by atoms with E-state index < -0.39 is 21.1 Å². The summed E-state index contributed by atoms with van der Waals surface area (Å²) in [6, 6.07) is 44.7. The number of hydrogen-bond donors (Lipinski definition) is 2. The highest BCUT2D eigenvalue weighted by Crippen LogP contribution is 2.34. The van der Waals surface area contributed by atoms with Crippen LogP contribution in [0, 0.1) is 17.2 Å². The molecule has 0 aliphatic carbocycles. The lowest BCUT2D eigenvalue weighted by molar-refractivity contribution is 0.393. The Morgan fingerprint density at radius 2 is 1.03 bits per heavy atom. The van der Waals surface area contributed by atoms with E-state index in [0.717, 1.165) is 0 Å². The van der Waals surface area contributed by atoms with Crippen LogP contribution in [0.15, 0.2) is 121 Å². The van der Waals surface area contributed by atoms with Crippen LogP contribution in [0.25, 0.3) is 0 Å². The van der Waals surface area contributed by atoms with E-state index >= 15 is 0 Å². The van der Waals surface area contributed by atoms with Crippen molar-refractivity contribution in [2.75, 3.05) is 0 Å². The van der Waals surface area contributed by atoms with Crippen molar-refractivity contribution in [2.45, 2.75) is 18.3 Å². The van der Waals surface area contributed by atoms with Crippen molar-refractivity contribution in [3.8, 4) is 6.07 Å². The Morgan fingerprint density at radius 3 is 1.38 bits per heavy atom. The molecule has 3 nitrogen and oxygen atoms in total. The third kappa shape index (κ3) is 4.90. The number of benzene rings is 4. The monoisotopic (exact) mass is 461 g/mol. The zero-order chi connectivity index (χ0) is 23.8. The van der Waals surface area contributed by atoms with E-state index in [0.29, 0.717) is 6.42 Å². The summed E-state index contributed by atoms with van der Waals surface area (Å²) < 4.78 is 0. The second-order valence-electron chi connectivity index (χ2n) is 8.65. The van der Waals surface area contributed by atoms with E-state index in [4.69, 9.17) is 0 Å². The van der Waals surface area contributed by atoms with Crippen molar-refractivity contribution in [1.29, 1.82) is 5.26 Å². The minimum Gasteiger partial charge on any atom is -0.427 e. The Balaban J connectivity index is 2.06. The zero-order valence-corrected chi connectivity index (χ0v) is 20.0. The summed E-state index contributed by atoms with van der Waals surface area (Å²) in [5.41, 5.74) is 1.17. The van der Waals surface area contributed by atoms with Crippen LogP contribution in [0.3, 0.4) is 0 Å². The van der Waals surface area contributed by atoms with Gasteiger partial charge in [-0.2, -0.15) is 5.26 Å². The minimum atomic E-state index is -2.74. The van der Waals surface area contributed by atoms with Gasteiger partial charge in [-0.05, 0) is 39.4 Å². The van der Waals surface area contributed by atoms with Crippen molar-refractivity contribution in [2.24, 2.45) is 5.92 Å². The maximum absolute atomic E-state index is 9.99. The highest BCUT2D eigenvalue weighted by Gasteiger charge is 2.47. The topological polar surface area (TPSA) is 64.2 Å². The molecule has 0 aliphatic heterocycles. The van der Waals surface area contributed by atoms with E-state index in [1.54, 1.807) is 0 Å². The van der Waals surface area contributed by atoms with Crippen molar-refractivity contribution in [3.05, 3.63) is 127 Å². The maximum atomic E-state index is 9.99. The molecule has 5 heteroatoms. The fraction of sp³-hybridized carbons (Fsp3) is 0.138. The third-order valence-corrected chi connectivity index (χ3v) is 12.0. The largest absolute Gasteiger partial charge is 0.452 e. The van der Waals surface area contributed by atoms with Crippen LogP contribution in [0.1, 0.15) is 17.5 Å². The Labute approximate surface area is 203 Å². The molecule has 0 aliphatic rings. The van der Waals surface area contributed by atoms with E-state index in [-0.39, 0.29) is 11.9 Å². The van der Waals surface area contributed by atoms with Crippen LogP contribution in [-0.4, -0.2) is 25.2 Å². The molecule has 4 rings (SSSR count). The van der Waals surface area contributed by atoms with E-state index in [9.17, 15) is 15.3 Å². The van der Waals surface area contributed by atoms with Crippen molar-refractivity contribution in [3.63, 3.8) is 0 Å². The summed E-state index contributed by atoms with van der Waals surface area (Å²) in [4.78, 5) is 0. The average molecular weight is 461 g/mol. The first kappa shape index (κ1) is 23.7. The van der Waals surface area contributed by atoms with Gasteiger partial charge in [0.1, 0.15) is 0 Å². The number of rotatable bonds is 9. The first-order chi connectivity index (χ1) is 16.7. The van der Waals surface area contributed by atoms with Crippen LogP contribution in [0.4, 0.5) is 0 Å². The molecule has 168 valence electrons. The lowest BCUT2D eigenvalue weighted by Gasteiger charge is -2.42. The van der Waals surface area contributed by atoms with Gasteiger partial charge < -0.3 is 10.0 Å². The van der Waals surface area contributed by atoms with Gasteiger partial charge in [-0.25, -0.2) is 0 Å². The summed E-state index contributed by atoms with van der Waals surface area (Å²) in [5, 5.41) is 33.2. The van der Waals surface area contributed by atoms with Gasteiger partial charge in [-0.1, -0.05) is 121 Å². The molecule has 0 bridgehead atoms. The fourth-order valence-electron chi connectivity index (χ4n) is 5.20. The molecule has 2 N–H and O–H groups in total. The van der Waals surface area contributed by atoms with Gasteiger partial charge in [0.2, 0.25) is 0 Å². The summed E-state index contributed by atoms with van der Waals surface area (Å²) in [6.07, 6.45) is 0.561. The highest BCUT2D eigenvalue weighted by atomic mass is 28.3. The number of hydrogen-bond acceptors (Lipinski definition) is 3. The standard InChI is InChI=1S/C29H28BNO2Si/c31-23-24(22-30(32)33)21-29(25-13-5-1-6-14-25)34(26-15-7-2-8-16-26,27-17-9-3-10-18-27)28-19-11-4-12-20-28/h1-20,24,29,32-33H,21-22H2. The smallest absolute Gasteiger partial charge is 0.427 e. The van der Waals surface area contributed by atoms with Crippen LogP contribution in [0.5, 0.6) is 0 Å². The van der Waals surface area contributed by atoms with Crippen molar-refractivity contribution in [1.82, 2.24) is 0 Å². The molecule has 34 heavy (non-hydrogen) atoms. The normalized spacial score (nSPS) is 13.0. The van der Waals surface area contributed by atoms with Crippen LogP contribution in [0.2, 0.25) is 6.32 Å². The molecule has 2 atom stereocenters. The molecule has 0 saturated heterocycles. The molecular weight excluding hydrogens is 433 g/mol. The molecular formula is C29H28BNO2Si. The molecule has 2 unspecified atom stereocenters. The predicted octanol–water partition coefficient (Wildman–Crippen LogP) is 3.48. The summed E-state index contributed by atoms with van der Waals surface area (Å²) >= 11 is 0. The molecule has 4 aromatic carbocycles. The highest BCUT2D eigenvalue weighted by molar-refractivity contribution is 7.12. The fourth-order valence-corrected chi connectivity index (χ4v) is 10.9. The van der Waals surface area contributed by atoms with Crippen LogP contribution < -0.4 is 15.6 Å². The van der Waals surface area contributed by atoms with E-state index in [1.807, 2.05) is 36.4 Å². The summed E-state index contributed by atoms with van der Waals surface area (Å²) in [5.74, 6) is -0.492. The Morgan fingerprint density at radius 1 is 0.647 bits per heavy atom. The molecule has 0 fully saturated rings. The predicted molar refractivity (Wildman–Crippen MR) is 142 cm³/mol. The van der Waals surface area contributed by atoms with Gasteiger partial charge in [0.25, 0.3) is 0 Å². The zero-order valence-electron chi connectivity index (χ0n) is 19.0. The molecule has 0 saturated carbocycles. The van der Waals surface area contributed by atoms with Crippen LogP contribution >= 0.6 is 0 Å². The SMILES string of the molecule is N#CC(CB(O)O)CC(c1ccccc1)[Si](c1ccccc1)(c1ccccc1)c1ccccc1. The van der Waals surface area contributed by atoms with E-state index in [1.165, 1.54) is 21.1 Å². The minimum absolute atomic E-state index is 0.00398. The molecule has 4 aromatic rings. The second-order valence-corrected chi connectivity index (χ2v) is 12.7. The maximum Gasteiger partial charge on any atom is 0.452 e. The van der Waals surface area contributed by atoms with Crippen molar-refractivity contribution < 1.29 is 10.0 Å². The molecule has 0 heterocycles. The van der Waals surface area contributed by atoms with Crippen LogP contribution in [-0.2, 0) is 0 Å². The Kier molecular flexibility index (Phi) is 7.77. The average Bonchev–Trinajstić information content (AvgIpc) is 2.90. The quantitative estimate of drug-likeness (QED) is 0.296. The number of nitriles is 1. The van der Waals surface area contributed by atoms with Gasteiger partial charge in [-0.15, -0.1) is 0 Å². The molecule has 0 aromatic heterocycles. The number of nitrogens with zero attached hydrogens (tertiary/aromatic N) is 1. The lowest BCUT2D eigenvalue weighted by Crippen LogP contribution is -2.71.